The summed E-state index contributed by atoms with van der Waals surface area (Å²) in [6.45, 7) is -1.18. The second-order valence-corrected chi connectivity index (χ2v) is 9.76. The number of nitrogens with zero attached hydrogens (tertiary/aromatic N) is 4. The van der Waals surface area contributed by atoms with Crippen molar-refractivity contribution in [2.45, 2.75) is 11.3 Å². The van der Waals surface area contributed by atoms with E-state index < -0.39 is 39.4 Å². The molecule has 3 aromatic rings. The van der Waals surface area contributed by atoms with E-state index in [9.17, 15) is 17.2 Å². The van der Waals surface area contributed by atoms with Crippen LogP contribution in [0.15, 0.2) is 46.1 Å². The van der Waals surface area contributed by atoms with Crippen molar-refractivity contribution in [1.29, 1.82) is 0 Å². The van der Waals surface area contributed by atoms with Crippen LogP contribution in [0.5, 0.6) is 0 Å². The predicted octanol–water partition coefficient (Wildman–Crippen LogP) is 2.83. The van der Waals surface area contributed by atoms with E-state index in [1.807, 2.05) is 6.07 Å². The molecule has 0 saturated heterocycles. The van der Waals surface area contributed by atoms with Crippen LogP contribution in [-0.2, 0) is 9.84 Å². The van der Waals surface area contributed by atoms with E-state index in [-0.39, 0.29) is 17.3 Å². The molecule has 4 heterocycles. The topological polar surface area (TPSA) is 123 Å². The number of halogens is 3. The summed E-state index contributed by atoms with van der Waals surface area (Å²) in [6.07, 6.45) is 3.20. The lowest BCUT2D eigenvalue weighted by Crippen LogP contribution is -2.44. The highest BCUT2D eigenvalue weighted by Gasteiger charge is 2.38. The summed E-state index contributed by atoms with van der Waals surface area (Å²) in [4.78, 5) is 16.7. The Morgan fingerprint density at radius 1 is 1.27 bits per heavy atom. The summed E-state index contributed by atoms with van der Waals surface area (Å²) in [5.74, 6) is -1.11. The van der Waals surface area contributed by atoms with Crippen LogP contribution in [-0.4, -0.2) is 46.9 Å². The van der Waals surface area contributed by atoms with Crippen LogP contribution in [0.4, 0.5) is 20.4 Å². The summed E-state index contributed by atoms with van der Waals surface area (Å²) < 4.78 is 52.8. The molecule has 0 bridgehead atoms. The monoisotopic (exact) mass is 496 g/mol. The molecule has 0 radical (unpaired) electrons. The predicted molar refractivity (Wildman–Crippen MR) is 113 cm³/mol. The van der Waals surface area contributed by atoms with Gasteiger partial charge in [0, 0.05) is 22.3 Å². The normalized spacial score (nSPS) is 20.7. The first kappa shape index (κ1) is 20.5. The number of aromatic nitrogens is 3. The van der Waals surface area contributed by atoms with Gasteiger partial charge in [0.2, 0.25) is 0 Å². The molecule has 0 aliphatic carbocycles. The van der Waals surface area contributed by atoms with E-state index >= 15 is 0 Å². The number of nitrogens with one attached hydrogen (secondary N) is 1. The van der Waals surface area contributed by atoms with E-state index in [1.54, 1.807) is 18.5 Å². The number of rotatable bonds is 4. The minimum atomic E-state index is -3.93. The van der Waals surface area contributed by atoms with Gasteiger partial charge in [-0.2, -0.15) is 0 Å². The van der Waals surface area contributed by atoms with Gasteiger partial charge in [0.25, 0.3) is 0 Å². The molecule has 0 amide bonds. The molecule has 8 nitrogen and oxygen atoms in total. The Kier molecular flexibility index (Phi) is 5.36. The Balaban J connectivity index is 1.71. The molecule has 3 aromatic heterocycles. The SMILES string of the molecule is NC1=NC(c2nc(Nc3nccc4cc(Br)cnc34)ccc2F)CS(=O)(=O)C1CF. The Hall–Kier alpha value is -2.73. The number of pyridine rings is 3. The molecular formula is C18H15BrF2N6O2S. The van der Waals surface area contributed by atoms with Crippen LogP contribution in [0, 0.1) is 5.82 Å². The highest BCUT2D eigenvalue weighted by Crippen LogP contribution is 2.29. The third-order valence-electron chi connectivity index (χ3n) is 4.60. The van der Waals surface area contributed by atoms with Crippen LogP contribution in [0.2, 0.25) is 0 Å². The number of alkyl halides is 1. The molecule has 12 heteroatoms. The average Bonchev–Trinajstić information content (AvgIpc) is 2.68. The fourth-order valence-corrected chi connectivity index (χ4v) is 5.02. The second-order valence-electron chi connectivity index (χ2n) is 6.62. The lowest BCUT2D eigenvalue weighted by atomic mass is 10.2. The number of aliphatic imine (C=N–C) groups is 1. The molecule has 156 valence electrons. The zero-order valence-electron chi connectivity index (χ0n) is 15.3. The molecule has 4 rings (SSSR count). The number of anilines is 2. The molecule has 0 spiro atoms. The van der Waals surface area contributed by atoms with Crippen molar-refractivity contribution in [2.75, 3.05) is 17.7 Å². The van der Waals surface area contributed by atoms with Crippen LogP contribution in [0.1, 0.15) is 11.7 Å². The lowest BCUT2D eigenvalue weighted by molar-refractivity contribution is 0.488. The fraction of sp³-hybridized carbons (Fsp3) is 0.222. The fourth-order valence-electron chi connectivity index (χ4n) is 3.14. The quantitative estimate of drug-likeness (QED) is 0.568. The third kappa shape index (κ3) is 3.84. The molecule has 3 N–H and O–H groups in total. The molecule has 0 saturated carbocycles. The minimum Gasteiger partial charge on any atom is -0.386 e. The maximum absolute atomic E-state index is 14.4. The third-order valence-corrected chi connectivity index (χ3v) is 7.05. The van der Waals surface area contributed by atoms with Gasteiger partial charge in [-0.1, -0.05) is 0 Å². The first-order valence-corrected chi connectivity index (χ1v) is 11.2. The van der Waals surface area contributed by atoms with Crippen molar-refractivity contribution in [3.8, 4) is 0 Å². The Labute approximate surface area is 178 Å². The van der Waals surface area contributed by atoms with Crippen molar-refractivity contribution >= 4 is 54.1 Å². The van der Waals surface area contributed by atoms with Crippen molar-refractivity contribution in [1.82, 2.24) is 15.0 Å². The summed E-state index contributed by atoms with van der Waals surface area (Å²) in [6, 6.07) is 5.00. The summed E-state index contributed by atoms with van der Waals surface area (Å²) in [5, 5.41) is 2.28. The van der Waals surface area contributed by atoms with Gasteiger partial charge in [-0.3, -0.25) is 9.98 Å². The molecule has 30 heavy (non-hydrogen) atoms. The van der Waals surface area contributed by atoms with Crippen molar-refractivity contribution < 1.29 is 17.2 Å². The van der Waals surface area contributed by atoms with E-state index in [0.29, 0.717) is 11.3 Å². The lowest BCUT2D eigenvalue weighted by Gasteiger charge is -2.24. The summed E-state index contributed by atoms with van der Waals surface area (Å²) in [5.41, 5.74) is 5.98. The van der Waals surface area contributed by atoms with E-state index in [4.69, 9.17) is 5.73 Å². The maximum Gasteiger partial charge on any atom is 0.165 e. The number of hydrogen-bond acceptors (Lipinski definition) is 8. The van der Waals surface area contributed by atoms with Gasteiger partial charge in [0.1, 0.15) is 46.6 Å². The van der Waals surface area contributed by atoms with Gasteiger partial charge in [-0.25, -0.2) is 27.2 Å². The Morgan fingerprint density at radius 2 is 2.07 bits per heavy atom. The number of hydrogen-bond donors (Lipinski definition) is 2. The molecule has 0 fully saturated rings. The van der Waals surface area contributed by atoms with Gasteiger partial charge < -0.3 is 11.1 Å². The van der Waals surface area contributed by atoms with Gasteiger partial charge in [-0.05, 0) is 40.2 Å². The van der Waals surface area contributed by atoms with Gasteiger partial charge in [-0.15, -0.1) is 0 Å². The number of amidine groups is 1. The molecule has 2 unspecified atom stereocenters. The first-order valence-electron chi connectivity index (χ1n) is 8.73. The van der Waals surface area contributed by atoms with Gasteiger partial charge in [0.15, 0.2) is 15.7 Å². The molecule has 1 aliphatic heterocycles. The van der Waals surface area contributed by atoms with Crippen LogP contribution < -0.4 is 11.1 Å². The summed E-state index contributed by atoms with van der Waals surface area (Å²) >= 11 is 3.36. The molecular weight excluding hydrogens is 482 g/mol. The average molecular weight is 497 g/mol. The minimum absolute atomic E-state index is 0.209. The van der Waals surface area contributed by atoms with Crippen molar-refractivity contribution in [2.24, 2.45) is 10.7 Å². The number of nitrogens with two attached hydrogens (primary N) is 1. The Bertz CT molecular complexity index is 1270. The van der Waals surface area contributed by atoms with Crippen LogP contribution in [0.3, 0.4) is 0 Å². The highest BCUT2D eigenvalue weighted by atomic mass is 79.9. The second kappa shape index (κ2) is 7.84. The van der Waals surface area contributed by atoms with E-state index in [1.165, 1.54) is 6.07 Å². The smallest absolute Gasteiger partial charge is 0.165 e. The Morgan fingerprint density at radius 3 is 2.80 bits per heavy atom. The van der Waals surface area contributed by atoms with Crippen LogP contribution >= 0.6 is 15.9 Å². The van der Waals surface area contributed by atoms with E-state index in [2.05, 4.69) is 41.2 Å². The zero-order chi connectivity index (χ0) is 21.5. The van der Waals surface area contributed by atoms with Crippen molar-refractivity contribution in [3.05, 3.63) is 52.6 Å². The van der Waals surface area contributed by atoms with Crippen molar-refractivity contribution in [3.63, 3.8) is 0 Å². The number of fused-ring (bicyclic) bond motifs is 1. The molecule has 0 aromatic carbocycles. The van der Waals surface area contributed by atoms with Gasteiger partial charge >= 0.3 is 0 Å². The van der Waals surface area contributed by atoms with Gasteiger partial charge in [0.05, 0.1) is 5.75 Å². The molecule has 2 atom stereocenters. The largest absolute Gasteiger partial charge is 0.386 e. The standard InChI is InChI=1S/C18H15BrF2N6O2S/c19-10-5-9-3-4-23-18(15(9)24-7-10)27-14-2-1-11(21)16(26-14)12-8-30(28,29)13(6-20)17(22)25-12/h1-5,7,12-13H,6,8H2,(H2,22,25)(H,23,26,27). The summed E-state index contributed by atoms with van der Waals surface area (Å²) in [7, 11) is -3.93. The maximum atomic E-state index is 14.4. The number of sulfone groups is 1. The highest BCUT2D eigenvalue weighted by molar-refractivity contribution is 9.10. The zero-order valence-corrected chi connectivity index (χ0v) is 17.7. The molecule has 1 aliphatic rings. The first-order chi connectivity index (χ1) is 14.3. The van der Waals surface area contributed by atoms with E-state index in [0.717, 1.165) is 15.9 Å². The van der Waals surface area contributed by atoms with Crippen LogP contribution in [0.25, 0.3) is 10.9 Å².